The van der Waals surface area contributed by atoms with Crippen LogP contribution in [-0.4, -0.2) is 25.6 Å². The van der Waals surface area contributed by atoms with Crippen LogP contribution in [0.25, 0.3) is 11.1 Å². The number of anilines is 1. The van der Waals surface area contributed by atoms with Gasteiger partial charge in [0.2, 0.25) is 0 Å². The van der Waals surface area contributed by atoms with E-state index in [1.54, 1.807) is 17.1 Å². The molecule has 2 N–H and O–H groups in total. The van der Waals surface area contributed by atoms with Crippen molar-refractivity contribution in [2.45, 2.75) is 45.7 Å². The van der Waals surface area contributed by atoms with E-state index in [1.165, 1.54) is 0 Å². The molecule has 2 amide bonds. The third kappa shape index (κ3) is 4.08. The van der Waals surface area contributed by atoms with Gasteiger partial charge in [0.25, 0.3) is 0 Å². The van der Waals surface area contributed by atoms with Crippen LogP contribution in [0, 0.1) is 0 Å². The summed E-state index contributed by atoms with van der Waals surface area (Å²) in [6.07, 6.45) is 4.30. The lowest BCUT2D eigenvalue weighted by molar-refractivity contribution is 0.247. The smallest absolute Gasteiger partial charge is 0.320 e. The molecule has 7 nitrogen and oxygen atoms in total. The van der Waals surface area contributed by atoms with Gasteiger partial charge in [-0.15, -0.1) is 0 Å². The van der Waals surface area contributed by atoms with Crippen molar-refractivity contribution in [3.05, 3.63) is 54.5 Å². The van der Waals surface area contributed by atoms with Gasteiger partial charge < -0.3 is 5.32 Å². The van der Waals surface area contributed by atoms with E-state index in [2.05, 4.69) is 41.6 Å². The molecule has 0 unspecified atom stereocenters. The minimum Gasteiger partial charge on any atom is -0.329 e. The Kier molecular flexibility index (Phi) is 5.53. The summed E-state index contributed by atoms with van der Waals surface area (Å²) in [6.45, 7) is 8.21. The predicted molar refractivity (Wildman–Crippen MR) is 111 cm³/mol. The third-order valence-corrected chi connectivity index (χ3v) is 4.65. The summed E-state index contributed by atoms with van der Waals surface area (Å²) in [7, 11) is 1.87. The SMILES string of the molecule is CC[C@H](NC(=O)Nc1c(-c2ccccc2)cnn1C(C)(C)C)c1ccnn1C. The van der Waals surface area contributed by atoms with Crippen LogP contribution in [0.3, 0.4) is 0 Å². The Balaban J connectivity index is 1.89. The first kappa shape index (κ1) is 19.7. The van der Waals surface area contributed by atoms with Crippen molar-refractivity contribution in [3.63, 3.8) is 0 Å². The lowest BCUT2D eigenvalue weighted by Gasteiger charge is -2.24. The van der Waals surface area contributed by atoms with Crippen LogP contribution in [0.1, 0.15) is 45.9 Å². The molecule has 28 heavy (non-hydrogen) atoms. The molecule has 1 aromatic carbocycles. The number of aromatic nitrogens is 4. The molecular weight excluding hydrogens is 352 g/mol. The topological polar surface area (TPSA) is 76.8 Å². The van der Waals surface area contributed by atoms with E-state index in [4.69, 9.17) is 0 Å². The number of hydrogen-bond donors (Lipinski definition) is 2. The van der Waals surface area contributed by atoms with Crippen LogP contribution in [0.15, 0.2) is 48.8 Å². The number of nitrogens with one attached hydrogen (secondary N) is 2. The summed E-state index contributed by atoms with van der Waals surface area (Å²) >= 11 is 0. The van der Waals surface area contributed by atoms with Gasteiger partial charge in [0.15, 0.2) is 0 Å². The summed E-state index contributed by atoms with van der Waals surface area (Å²) < 4.78 is 3.63. The molecule has 3 rings (SSSR count). The van der Waals surface area contributed by atoms with E-state index >= 15 is 0 Å². The molecule has 0 aliphatic heterocycles. The van der Waals surface area contributed by atoms with E-state index in [1.807, 2.05) is 55.1 Å². The molecule has 3 aromatic rings. The van der Waals surface area contributed by atoms with Crippen LogP contribution in [0.5, 0.6) is 0 Å². The molecule has 1 atom stereocenters. The molecule has 148 valence electrons. The Labute approximate surface area is 165 Å². The third-order valence-electron chi connectivity index (χ3n) is 4.65. The summed E-state index contributed by atoms with van der Waals surface area (Å²) in [5.74, 6) is 0.677. The van der Waals surface area contributed by atoms with Gasteiger partial charge in [-0.25, -0.2) is 9.48 Å². The fourth-order valence-corrected chi connectivity index (χ4v) is 3.22. The Morgan fingerprint density at radius 3 is 2.43 bits per heavy atom. The van der Waals surface area contributed by atoms with Crippen molar-refractivity contribution in [3.8, 4) is 11.1 Å². The van der Waals surface area contributed by atoms with Gasteiger partial charge in [0, 0.05) is 18.8 Å². The number of aryl methyl sites for hydroxylation is 1. The van der Waals surface area contributed by atoms with Crippen LogP contribution in [0.2, 0.25) is 0 Å². The average molecular weight is 380 g/mol. The highest BCUT2D eigenvalue weighted by molar-refractivity contribution is 5.93. The Bertz CT molecular complexity index is 935. The Morgan fingerprint density at radius 1 is 1.14 bits per heavy atom. The normalized spacial score (nSPS) is 12.6. The van der Waals surface area contributed by atoms with Crippen LogP contribution >= 0.6 is 0 Å². The molecule has 0 saturated heterocycles. The highest BCUT2D eigenvalue weighted by Crippen LogP contribution is 2.31. The quantitative estimate of drug-likeness (QED) is 0.692. The van der Waals surface area contributed by atoms with Crippen molar-refractivity contribution in [1.29, 1.82) is 0 Å². The van der Waals surface area contributed by atoms with Gasteiger partial charge in [0.05, 0.1) is 23.5 Å². The number of nitrogens with zero attached hydrogens (tertiary/aromatic N) is 4. The first-order chi connectivity index (χ1) is 13.3. The molecule has 0 aliphatic rings. The maximum absolute atomic E-state index is 12.9. The lowest BCUT2D eigenvalue weighted by Crippen LogP contribution is -2.35. The number of rotatable bonds is 5. The zero-order valence-electron chi connectivity index (χ0n) is 17.1. The number of urea groups is 1. The van der Waals surface area contributed by atoms with E-state index in [9.17, 15) is 4.79 Å². The van der Waals surface area contributed by atoms with E-state index in [-0.39, 0.29) is 17.6 Å². The fraction of sp³-hybridized carbons (Fsp3) is 0.381. The van der Waals surface area contributed by atoms with Crippen LogP contribution in [0.4, 0.5) is 10.6 Å². The standard InChI is InChI=1S/C21H28N6O/c1-6-17(18-12-13-22-26(18)5)24-20(28)25-19-16(15-10-8-7-9-11-15)14-23-27(19)21(2,3)4/h7-14,17H,6H2,1-5H3,(H2,24,25,28)/t17-/m0/s1. The van der Waals surface area contributed by atoms with Crippen LogP contribution in [-0.2, 0) is 12.6 Å². The second-order valence-corrected chi connectivity index (χ2v) is 7.79. The highest BCUT2D eigenvalue weighted by atomic mass is 16.2. The Morgan fingerprint density at radius 2 is 1.86 bits per heavy atom. The monoisotopic (exact) mass is 380 g/mol. The number of carbonyl (C=O) groups is 1. The molecule has 0 spiro atoms. The second-order valence-electron chi connectivity index (χ2n) is 7.79. The molecule has 7 heteroatoms. The van der Waals surface area contributed by atoms with Gasteiger partial charge >= 0.3 is 6.03 Å². The molecule has 0 bridgehead atoms. The molecule has 0 saturated carbocycles. The van der Waals surface area contributed by atoms with Crippen molar-refractivity contribution < 1.29 is 4.79 Å². The predicted octanol–water partition coefficient (Wildman–Crippen LogP) is 4.31. The molecule has 0 aliphatic carbocycles. The molecule has 2 heterocycles. The molecule has 0 fully saturated rings. The van der Waals surface area contributed by atoms with E-state index in [0.29, 0.717) is 5.82 Å². The van der Waals surface area contributed by atoms with Crippen molar-refractivity contribution in [2.75, 3.05) is 5.32 Å². The van der Waals surface area contributed by atoms with Crippen LogP contribution < -0.4 is 10.6 Å². The zero-order valence-corrected chi connectivity index (χ0v) is 17.1. The van der Waals surface area contributed by atoms with Crippen molar-refractivity contribution >= 4 is 11.8 Å². The number of benzene rings is 1. The van der Waals surface area contributed by atoms with Crippen molar-refractivity contribution in [1.82, 2.24) is 24.9 Å². The Hall–Kier alpha value is -3.09. The zero-order chi connectivity index (χ0) is 20.3. The largest absolute Gasteiger partial charge is 0.329 e. The maximum Gasteiger partial charge on any atom is 0.320 e. The average Bonchev–Trinajstić information content (AvgIpc) is 3.26. The number of hydrogen-bond acceptors (Lipinski definition) is 3. The first-order valence-electron chi connectivity index (χ1n) is 9.50. The van der Waals surface area contributed by atoms with E-state index < -0.39 is 0 Å². The summed E-state index contributed by atoms with van der Waals surface area (Å²) in [4.78, 5) is 12.9. The minimum atomic E-state index is -0.276. The lowest BCUT2D eigenvalue weighted by atomic mass is 10.1. The van der Waals surface area contributed by atoms with Crippen molar-refractivity contribution in [2.24, 2.45) is 7.05 Å². The maximum atomic E-state index is 12.9. The van der Waals surface area contributed by atoms with Gasteiger partial charge in [-0.3, -0.25) is 10.00 Å². The number of amides is 2. The fourth-order valence-electron chi connectivity index (χ4n) is 3.22. The minimum absolute atomic E-state index is 0.126. The van der Waals surface area contributed by atoms with Gasteiger partial charge in [-0.2, -0.15) is 10.2 Å². The van der Waals surface area contributed by atoms with Gasteiger partial charge in [0.1, 0.15) is 5.82 Å². The molecule has 2 aromatic heterocycles. The molecular formula is C21H28N6O. The van der Waals surface area contributed by atoms with Gasteiger partial charge in [-0.05, 0) is 38.8 Å². The van der Waals surface area contributed by atoms with E-state index in [0.717, 1.165) is 23.2 Å². The second kappa shape index (κ2) is 7.88. The molecule has 0 radical (unpaired) electrons. The first-order valence-corrected chi connectivity index (χ1v) is 9.50. The highest BCUT2D eigenvalue weighted by Gasteiger charge is 2.24. The number of carbonyl (C=O) groups excluding carboxylic acids is 1. The summed E-state index contributed by atoms with van der Waals surface area (Å²) in [5.41, 5.74) is 2.58. The van der Waals surface area contributed by atoms with Gasteiger partial charge in [-0.1, -0.05) is 37.3 Å². The summed E-state index contributed by atoms with van der Waals surface area (Å²) in [5, 5.41) is 14.8. The summed E-state index contributed by atoms with van der Waals surface area (Å²) in [6, 6.07) is 11.5.